The number of hydrogen-bond acceptors (Lipinski definition) is 3. The minimum Gasteiger partial charge on any atom is -0.396 e. The first-order valence-electron chi connectivity index (χ1n) is 5.37. The van der Waals surface area contributed by atoms with Crippen LogP contribution < -0.4 is 0 Å². The predicted molar refractivity (Wildman–Crippen MR) is 62.7 cm³/mol. The van der Waals surface area contributed by atoms with Gasteiger partial charge in [0.2, 0.25) is 0 Å². The van der Waals surface area contributed by atoms with Crippen molar-refractivity contribution in [1.29, 1.82) is 0 Å². The third-order valence-corrected chi connectivity index (χ3v) is 2.71. The Labute approximate surface area is 95.1 Å². The van der Waals surface area contributed by atoms with Crippen LogP contribution in [0.1, 0.15) is 43.7 Å². The van der Waals surface area contributed by atoms with E-state index in [9.17, 15) is 10.1 Å². The van der Waals surface area contributed by atoms with Crippen LogP contribution in [0.2, 0.25) is 0 Å². The second kappa shape index (κ2) is 5.07. The maximum Gasteiger partial charge on any atom is 0.276 e. The lowest BCUT2D eigenvalue weighted by Crippen LogP contribution is -2.06. The van der Waals surface area contributed by atoms with Gasteiger partial charge in [-0.15, -0.1) is 0 Å². The van der Waals surface area contributed by atoms with Crippen molar-refractivity contribution < 1.29 is 10.0 Å². The predicted octanol–water partition coefficient (Wildman–Crippen LogP) is 2.81. The summed E-state index contributed by atoms with van der Waals surface area (Å²) in [5.74, 6) is -0.106. The molecule has 1 aromatic rings. The number of nitrogens with zero attached hydrogens (tertiary/aromatic N) is 1. The van der Waals surface area contributed by atoms with Gasteiger partial charge in [-0.3, -0.25) is 10.1 Å². The maximum absolute atomic E-state index is 11.1. The third kappa shape index (κ3) is 2.39. The number of para-hydroxylation sites is 1. The van der Waals surface area contributed by atoms with Gasteiger partial charge < -0.3 is 5.11 Å². The highest BCUT2D eigenvalue weighted by atomic mass is 16.6. The van der Waals surface area contributed by atoms with Crippen molar-refractivity contribution in [2.24, 2.45) is 0 Å². The first-order chi connectivity index (χ1) is 7.49. The first-order valence-corrected chi connectivity index (χ1v) is 5.37. The van der Waals surface area contributed by atoms with Gasteiger partial charge in [0.15, 0.2) is 0 Å². The Kier molecular flexibility index (Phi) is 4.01. The Bertz CT molecular complexity index is 388. The molecule has 0 amide bonds. The SMILES string of the molecule is CC(C)c1cccc(C(C)CO)c1[N+](=O)[O-]. The smallest absolute Gasteiger partial charge is 0.276 e. The van der Waals surface area contributed by atoms with Crippen LogP contribution in [0.25, 0.3) is 0 Å². The second-order valence-electron chi connectivity index (χ2n) is 4.28. The highest BCUT2D eigenvalue weighted by Crippen LogP contribution is 2.33. The van der Waals surface area contributed by atoms with Gasteiger partial charge in [0.1, 0.15) is 0 Å². The number of benzene rings is 1. The summed E-state index contributed by atoms with van der Waals surface area (Å²) in [6.07, 6.45) is 0. The van der Waals surface area contributed by atoms with Crippen molar-refractivity contribution in [2.75, 3.05) is 6.61 Å². The van der Waals surface area contributed by atoms with Gasteiger partial charge in [0.25, 0.3) is 5.69 Å². The third-order valence-electron chi connectivity index (χ3n) is 2.71. The van der Waals surface area contributed by atoms with E-state index in [1.54, 1.807) is 19.1 Å². The molecule has 1 atom stereocenters. The topological polar surface area (TPSA) is 63.4 Å². The monoisotopic (exact) mass is 223 g/mol. The zero-order valence-corrected chi connectivity index (χ0v) is 9.80. The van der Waals surface area contributed by atoms with Crippen molar-refractivity contribution in [3.63, 3.8) is 0 Å². The molecule has 0 heterocycles. The largest absolute Gasteiger partial charge is 0.396 e. The van der Waals surface area contributed by atoms with Gasteiger partial charge >= 0.3 is 0 Å². The number of aliphatic hydroxyl groups excluding tert-OH is 1. The van der Waals surface area contributed by atoms with Crippen molar-refractivity contribution in [3.8, 4) is 0 Å². The van der Waals surface area contributed by atoms with Crippen molar-refractivity contribution >= 4 is 5.69 Å². The lowest BCUT2D eigenvalue weighted by atomic mass is 9.92. The number of nitro benzene ring substituents is 1. The highest BCUT2D eigenvalue weighted by molar-refractivity contribution is 5.50. The van der Waals surface area contributed by atoms with E-state index in [1.165, 1.54) is 0 Å². The molecular formula is C12H17NO3. The molecule has 1 rings (SSSR count). The fourth-order valence-corrected chi connectivity index (χ4v) is 1.75. The summed E-state index contributed by atoms with van der Waals surface area (Å²) in [6.45, 7) is 5.56. The molecule has 0 aliphatic carbocycles. The summed E-state index contributed by atoms with van der Waals surface area (Å²) in [7, 11) is 0. The van der Waals surface area contributed by atoms with Gasteiger partial charge in [-0.05, 0) is 5.92 Å². The summed E-state index contributed by atoms with van der Waals surface area (Å²) in [5.41, 5.74) is 1.49. The molecule has 0 spiro atoms. The minimum atomic E-state index is -0.350. The van der Waals surface area contributed by atoms with Crippen LogP contribution in [0.5, 0.6) is 0 Å². The van der Waals surface area contributed by atoms with Gasteiger partial charge in [-0.2, -0.15) is 0 Å². The minimum absolute atomic E-state index is 0.0810. The first kappa shape index (κ1) is 12.6. The maximum atomic E-state index is 11.1. The average Bonchev–Trinajstić information content (AvgIpc) is 2.26. The van der Waals surface area contributed by atoms with Crippen molar-refractivity contribution in [3.05, 3.63) is 39.4 Å². The molecule has 0 aliphatic heterocycles. The molecule has 1 aromatic carbocycles. The second-order valence-corrected chi connectivity index (χ2v) is 4.28. The van der Waals surface area contributed by atoms with E-state index in [1.807, 2.05) is 19.9 Å². The zero-order chi connectivity index (χ0) is 12.3. The van der Waals surface area contributed by atoms with E-state index in [-0.39, 0.29) is 29.1 Å². The molecular weight excluding hydrogens is 206 g/mol. The fourth-order valence-electron chi connectivity index (χ4n) is 1.75. The number of nitro groups is 1. The number of rotatable bonds is 4. The summed E-state index contributed by atoms with van der Waals surface area (Å²) < 4.78 is 0. The Morgan fingerprint density at radius 2 is 1.88 bits per heavy atom. The molecule has 0 saturated heterocycles. The molecule has 0 aliphatic rings. The standard InChI is InChI=1S/C12H17NO3/c1-8(2)10-5-4-6-11(9(3)7-14)12(10)13(15)16/h4-6,8-9,14H,7H2,1-3H3. The van der Waals surface area contributed by atoms with Crippen LogP contribution in [0, 0.1) is 10.1 Å². The molecule has 1 unspecified atom stereocenters. The van der Waals surface area contributed by atoms with Gasteiger partial charge in [0.05, 0.1) is 4.92 Å². The van der Waals surface area contributed by atoms with Crippen molar-refractivity contribution in [1.82, 2.24) is 0 Å². The molecule has 0 bridgehead atoms. The summed E-state index contributed by atoms with van der Waals surface area (Å²) in [6, 6.07) is 5.30. The Morgan fingerprint density at radius 1 is 1.31 bits per heavy atom. The summed E-state index contributed by atoms with van der Waals surface area (Å²) in [4.78, 5) is 10.7. The van der Waals surface area contributed by atoms with Gasteiger partial charge in [-0.25, -0.2) is 0 Å². The van der Waals surface area contributed by atoms with Crippen LogP contribution in [0.15, 0.2) is 18.2 Å². The van der Waals surface area contributed by atoms with Crippen molar-refractivity contribution in [2.45, 2.75) is 32.6 Å². The molecule has 4 nitrogen and oxygen atoms in total. The van der Waals surface area contributed by atoms with Gasteiger partial charge in [0, 0.05) is 23.7 Å². The Hall–Kier alpha value is -1.42. The van der Waals surface area contributed by atoms with Crippen LogP contribution in [-0.2, 0) is 0 Å². The summed E-state index contributed by atoms with van der Waals surface area (Å²) >= 11 is 0. The van der Waals surface area contributed by atoms with E-state index >= 15 is 0 Å². The molecule has 4 heteroatoms. The van der Waals surface area contributed by atoms with Crippen LogP contribution in [-0.4, -0.2) is 16.6 Å². The average molecular weight is 223 g/mol. The molecule has 16 heavy (non-hydrogen) atoms. The lowest BCUT2D eigenvalue weighted by Gasteiger charge is -2.13. The van der Waals surface area contributed by atoms with E-state index in [4.69, 9.17) is 5.11 Å². The Morgan fingerprint density at radius 3 is 2.31 bits per heavy atom. The molecule has 1 N–H and O–H groups in total. The lowest BCUT2D eigenvalue weighted by molar-refractivity contribution is -0.386. The number of hydrogen-bond donors (Lipinski definition) is 1. The quantitative estimate of drug-likeness (QED) is 0.630. The van der Waals surface area contributed by atoms with Gasteiger partial charge in [-0.1, -0.05) is 39.0 Å². The molecule has 0 aromatic heterocycles. The molecule has 0 fully saturated rings. The fraction of sp³-hybridized carbons (Fsp3) is 0.500. The number of aliphatic hydroxyl groups is 1. The van der Waals surface area contributed by atoms with E-state index in [2.05, 4.69) is 0 Å². The van der Waals surface area contributed by atoms with Crippen LogP contribution >= 0.6 is 0 Å². The Balaban J connectivity index is 3.38. The molecule has 88 valence electrons. The normalized spacial score (nSPS) is 12.8. The zero-order valence-electron chi connectivity index (χ0n) is 9.80. The van der Waals surface area contributed by atoms with Crippen LogP contribution in [0.4, 0.5) is 5.69 Å². The molecule has 0 radical (unpaired) electrons. The van der Waals surface area contributed by atoms with Crippen LogP contribution in [0.3, 0.4) is 0 Å². The van der Waals surface area contributed by atoms with E-state index in [0.717, 1.165) is 5.56 Å². The van der Waals surface area contributed by atoms with E-state index < -0.39 is 0 Å². The van der Waals surface area contributed by atoms with E-state index in [0.29, 0.717) is 5.56 Å². The summed E-state index contributed by atoms with van der Waals surface area (Å²) in [5, 5.41) is 20.2. The highest BCUT2D eigenvalue weighted by Gasteiger charge is 2.23. The molecule has 0 saturated carbocycles.